The van der Waals surface area contributed by atoms with E-state index in [2.05, 4.69) is 16.7 Å². The van der Waals surface area contributed by atoms with Crippen LogP contribution < -0.4 is 10.0 Å². The molecule has 0 saturated heterocycles. The normalized spacial score (nSPS) is 9.87. The van der Waals surface area contributed by atoms with E-state index in [1.54, 1.807) is 31.3 Å². The van der Waals surface area contributed by atoms with Crippen LogP contribution in [0.25, 0.3) is 0 Å². The number of nitrogens with one attached hydrogen (secondary N) is 2. The summed E-state index contributed by atoms with van der Waals surface area (Å²) in [5.74, 6) is 0. The molecule has 0 bridgehead atoms. The van der Waals surface area contributed by atoms with E-state index in [-0.39, 0.29) is 4.90 Å². The van der Waals surface area contributed by atoms with Gasteiger partial charge in [0.25, 0.3) is 0 Å². The quantitative estimate of drug-likeness (QED) is 0.587. The average molecular weight is 228 g/mol. The van der Waals surface area contributed by atoms with Crippen LogP contribution in [-0.2, 0) is 14.7 Å². The van der Waals surface area contributed by atoms with Crippen LogP contribution in [0.1, 0.15) is 0 Å². The summed E-state index contributed by atoms with van der Waals surface area (Å²) in [4.78, 5) is 0.272. The van der Waals surface area contributed by atoms with Crippen molar-refractivity contribution in [2.24, 2.45) is 0 Å². The summed E-state index contributed by atoms with van der Waals surface area (Å²) in [5, 5.41) is 2.91. The molecule has 0 aliphatic carbocycles. The van der Waals surface area contributed by atoms with Gasteiger partial charge < -0.3 is 5.32 Å². The number of hydrogen-bond donors (Lipinski definition) is 2. The van der Waals surface area contributed by atoms with E-state index in [0.717, 1.165) is 5.69 Å². The Balaban J connectivity index is 0.000000921. The second kappa shape index (κ2) is 6.21. The summed E-state index contributed by atoms with van der Waals surface area (Å²) in [6, 6.07) is 6.53. The van der Waals surface area contributed by atoms with Crippen molar-refractivity contribution >= 4 is 15.7 Å². The number of benzene rings is 1. The van der Waals surface area contributed by atoms with Crippen LogP contribution in [0.2, 0.25) is 0 Å². The first-order valence-electron chi connectivity index (χ1n) is 4.02. The predicted octanol–water partition coefficient (Wildman–Crippen LogP) is 0.599. The Hall–Kier alpha value is -1.33. The maximum absolute atomic E-state index is 11.3. The van der Waals surface area contributed by atoms with Gasteiger partial charge in [-0.1, -0.05) is 0 Å². The SMILES string of the molecule is CNc1ccc(S(=O)(=O)NC)cc1.[C-]#[O+]. The van der Waals surface area contributed by atoms with E-state index in [9.17, 15) is 8.42 Å². The summed E-state index contributed by atoms with van der Waals surface area (Å²) in [6.07, 6.45) is 0. The second-order valence-corrected chi connectivity index (χ2v) is 4.37. The Morgan fingerprint density at radius 1 is 1.13 bits per heavy atom. The van der Waals surface area contributed by atoms with Gasteiger partial charge in [0.2, 0.25) is 10.0 Å². The van der Waals surface area contributed by atoms with Crippen LogP contribution in [0, 0.1) is 6.65 Å². The second-order valence-electron chi connectivity index (χ2n) is 2.48. The zero-order chi connectivity index (χ0) is 11.9. The van der Waals surface area contributed by atoms with Crippen molar-refractivity contribution in [3.63, 3.8) is 0 Å². The fourth-order valence-electron chi connectivity index (χ4n) is 0.919. The average Bonchev–Trinajstić information content (AvgIpc) is 2.32. The summed E-state index contributed by atoms with van der Waals surface area (Å²) >= 11 is 0. The third-order valence-electron chi connectivity index (χ3n) is 1.72. The van der Waals surface area contributed by atoms with Crippen molar-refractivity contribution in [2.45, 2.75) is 4.90 Å². The third-order valence-corrected chi connectivity index (χ3v) is 3.15. The molecule has 0 fully saturated rings. The van der Waals surface area contributed by atoms with Crippen molar-refractivity contribution in [3.8, 4) is 0 Å². The molecule has 0 aliphatic rings. The molecule has 0 unspecified atom stereocenters. The number of sulfonamides is 1. The van der Waals surface area contributed by atoms with E-state index in [1.807, 2.05) is 0 Å². The van der Waals surface area contributed by atoms with E-state index in [4.69, 9.17) is 4.65 Å². The summed E-state index contributed by atoms with van der Waals surface area (Å²) < 4.78 is 32.3. The van der Waals surface area contributed by atoms with Gasteiger partial charge in [-0.25, -0.2) is 13.1 Å². The molecule has 0 aliphatic heterocycles. The molecule has 0 saturated carbocycles. The predicted molar refractivity (Wildman–Crippen MR) is 56.2 cm³/mol. The van der Waals surface area contributed by atoms with Crippen LogP contribution in [0.3, 0.4) is 0 Å². The van der Waals surface area contributed by atoms with Crippen molar-refractivity contribution in [1.29, 1.82) is 0 Å². The Morgan fingerprint density at radius 2 is 1.60 bits per heavy atom. The summed E-state index contributed by atoms with van der Waals surface area (Å²) in [6.45, 7) is 4.50. The van der Waals surface area contributed by atoms with E-state index in [0.29, 0.717) is 0 Å². The van der Waals surface area contributed by atoms with Crippen molar-refractivity contribution < 1.29 is 13.1 Å². The number of hydrogen-bond acceptors (Lipinski definition) is 3. The van der Waals surface area contributed by atoms with Gasteiger partial charge in [0.15, 0.2) is 0 Å². The van der Waals surface area contributed by atoms with Crippen LogP contribution in [-0.4, -0.2) is 22.5 Å². The molecule has 1 aromatic carbocycles. The number of rotatable bonds is 3. The molecular weight excluding hydrogens is 216 g/mol. The minimum absolute atomic E-state index is 0.272. The molecule has 0 spiro atoms. The molecule has 5 nitrogen and oxygen atoms in total. The molecule has 1 aromatic rings. The zero-order valence-electron chi connectivity index (χ0n) is 8.44. The van der Waals surface area contributed by atoms with Gasteiger partial charge >= 0.3 is 11.3 Å². The first kappa shape index (κ1) is 13.7. The molecule has 6 heteroatoms. The number of anilines is 1. The van der Waals surface area contributed by atoms with Crippen LogP contribution in [0.5, 0.6) is 0 Å². The summed E-state index contributed by atoms with van der Waals surface area (Å²) in [7, 11) is -0.131. The fraction of sp³-hybridized carbons (Fsp3) is 0.222. The molecule has 1 rings (SSSR count). The van der Waals surface area contributed by atoms with E-state index in [1.165, 1.54) is 7.05 Å². The molecule has 2 N–H and O–H groups in total. The molecular formula is C9H12N2O3S. The third kappa shape index (κ3) is 3.73. The summed E-state index contributed by atoms with van der Waals surface area (Å²) in [5.41, 5.74) is 0.884. The molecule has 15 heavy (non-hydrogen) atoms. The van der Waals surface area contributed by atoms with Crippen LogP contribution >= 0.6 is 0 Å². The van der Waals surface area contributed by atoms with Crippen molar-refractivity contribution in [1.82, 2.24) is 4.72 Å². The topological polar surface area (TPSA) is 78.1 Å². The Morgan fingerprint density at radius 3 is 1.93 bits per heavy atom. The maximum atomic E-state index is 11.3. The van der Waals surface area contributed by atoms with Gasteiger partial charge in [-0.15, -0.1) is 0 Å². The minimum atomic E-state index is -3.30. The van der Waals surface area contributed by atoms with Crippen LogP contribution in [0.4, 0.5) is 5.69 Å². The Kier molecular flexibility index (Phi) is 5.66. The molecule has 0 aromatic heterocycles. The van der Waals surface area contributed by atoms with Gasteiger partial charge in [-0.3, -0.25) is 0 Å². The van der Waals surface area contributed by atoms with Crippen molar-refractivity contribution in [3.05, 3.63) is 30.9 Å². The van der Waals surface area contributed by atoms with Gasteiger partial charge in [0, 0.05) is 12.7 Å². The van der Waals surface area contributed by atoms with Gasteiger partial charge in [0.1, 0.15) is 0 Å². The zero-order valence-corrected chi connectivity index (χ0v) is 9.26. The monoisotopic (exact) mass is 228 g/mol. The first-order chi connectivity index (χ1) is 7.10. The van der Waals surface area contributed by atoms with E-state index >= 15 is 0 Å². The Bertz CT molecular complexity index is 409. The van der Waals surface area contributed by atoms with Crippen LogP contribution in [0.15, 0.2) is 29.2 Å². The molecule has 82 valence electrons. The Labute approximate surface area is 89.3 Å². The molecule has 0 heterocycles. The van der Waals surface area contributed by atoms with E-state index < -0.39 is 10.0 Å². The van der Waals surface area contributed by atoms with Gasteiger partial charge in [-0.2, -0.15) is 0 Å². The molecule has 0 radical (unpaired) electrons. The molecule has 0 amide bonds. The van der Waals surface area contributed by atoms with Crippen molar-refractivity contribution in [2.75, 3.05) is 19.4 Å². The molecule has 0 atom stereocenters. The first-order valence-corrected chi connectivity index (χ1v) is 5.50. The van der Waals surface area contributed by atoms with Gasteiger partial charge in [0.05, 0.1) is 4.90 Å². The fourth-order valence-corrected chi connectivity index (χ4v) is 1.65. The van der Waals surface area contributed by atoms with Gasteiger partial charge in [-0.05, 0) is 31.3 Å². The standard InChI is InChI=1S/C8H12N2O2S.CO/c1-9-7-3-5-8(6-4-7)13(11,12)10-2;1-2/h3-6,9-10H,1-2H3;.